The first-order chi connectivity index (χ1) is 9.77. The fourth-order valence-electron chi connectivity index (χ4n) is 1.79. The summed E-state index contributed by atoms with van der Waals surface area (Å²) in [7, 11) is 0. The summed E-state index contributed by atoms with van der Waals surface area (Å²) < 4.78 is 0. The van der Waals surface area contributed by atoms with E-state index in [0.717, 1.165) is 12.5 Å². The van der Waals surface area contributed by atoms with Gasteiger partial charge in [-0.15, -0.1) is 0 Å². The molecule has 0 aromatic rings. The van der Waals surface area contributed by atoms with Crippen molar-refractivity contribution in [1.82, 2.24) is 0 Å². The van der Waals surface area contributed by atoms with Crippen molar-refractivity contribution in [2.75, 3.05) is 0 Å². The summed E-state index contributed by atoms with van der Waals surface area (Å²) in [5.41, 5.74) is 0. The third-order valence-corrected chi connectivity index (χ3v) is 2.90. The summed E-state index contributed by atoms with van der Waals surface area (Å²) in [6.07, 6.45) is 24.8. The van der Waals surface area contributed by atoms with Crippen molar-refractivity contribution in [1.29, 1.82) is 0 Å². The van der Waals surface area contributed by atoms with Gasteiger partial charge in [0.15, 0.2) is 0 Å². The van der Waals surface area contributed by atoms with Crippen molar-refractivity contribution < 1.29 is 9.90 Å². The van der Waals surface area contributed by atoms with Crippen molar-refractivity contribution in [3.63, 3.8) is 0 Å². The van der Waals surface area contributed by atoms with Crippen LogP contribution in [0.25, 0.3) is 0 Å². The number of hydrogen-bond donors (Lipinski definition) is 1. The summed E-state index contributed by atoms with van der Waals surface area (Å²) in [6, 6.07) is 0. The van der Waals surface area contributed by atoms with Gasteiger partial charge >= 0.3 is 5.97 Å². The number of carboxylic acids is 1. The van der Waals surface area contributed by atoms with Crippen LogP contribution >= 0.6 is 0 Å². The summed E-state index contributed by atoms with van der Waals surface area (Å²) in [5.74, 6) is -0.923. The lowest BCUT2D eigenvalue weighted by molar-refractivity contribution is -0.131. The molecule has 0 aliphatic rings. The maximum Gasteiger partial charge on any atom is 0.328 e. The molecule has 0 fully saturated rings. The monoisotopic (exact) mass is 276 g/mol. The fourth-order valence-corrected chi connectivity index (χ4v) is 1.79. The molecule has 0 unspecified atom stereocenters. The third kappa shape index (κ3) is 16.4. The molecular weight excluding hydrogens is 248 g/mol. The molecule has 20 heavy (non-hydrogen) atoms. The van der Waals surface area contributed by atoms with Gasteiger partial charge in [0.2, 0.25) is 0 Å². The molecule has 2 heteroatoms. The molecule has 0 saturated carbocycles. The van der Waals surface area contributed by atoms with E-state index in [4.69, 9.17) is 5.11 Å². The quantitative estimate of drug-likeness (QED) is 0.293. The number of aliphatic carboxylic acids is 1. The van der Waals surface area contributed by atoms with Crippen molar-refractivity contribution in [3.05, 3.63) is 48.6 Å². The summed E-state index contributed by atoms with van der Waals surface area (Å²) >= 11 is 0. The molecule has 2 nitrogen and oxygen atoms in total. The zero-order valence-corrected chi connectivity index (χ0v) is 12.6. The highest BCUT2D eigenvalue weighted by molar-refractivity contribution is 5.80. The van der Waals surface area contributed by atoms with Gasteiger partial charge in [-0.05, 0) is 12.8 Å². The number of unbranched alkanes of at least 4 members (excludes halogenated alkanes) is 7. The summed E-state index contributed by atoms with van der Waals surface area (Å²) in [4.78, 5) is 10.2. The van der Waals surface area contributed by atoms with Gasteiger partial charge in [-0.25, -0.2) is 4.79 Å². The van der Waals surface area contributed by atoms with Crippen molar-refractivity contribution >= 4 is 5.97 Å². The summed E-state index contributed by atoms with van der Waals surface area (Å²) in [6.45, 7) is 2.25. The number of allylic oxidation sites excluding steroid dienone is 7. The highest BCUT2D eigenvalue weighted by Gasteiger charge is 1.88. The van der Waals surface area contributed by atoms with Gasteiger partial charge in [-0.1, -0.05) is 88.0 Å². The topological polar surface area (TPSA) is 37.3 Å². The van der Waals surface area contributed by atoms with Gasteiger partial charge in [-0.2, -0.15) is 0 Å². The Kier molecular flexibility index (Phi) is 14.3. The Bertz CT molecular complexity index is 335. The number of hydrogen-bond acceptors (Lipinski definition) is 1. The second kappa shape index (κ2) is 15.5. The average molecular weight is 276 g/mol. The van der Waals surface area contributed by atoms with Crippen LogP contribution in [0.5, 0.6) is 0 Å². The second-order valence-electron chi connectivity index (χ2n) is 4.81. The van der Waals surface area contributed by atoms with Crippen LogP contribution in [0, 0.1) is 0 Å². The van der Waals surface area contributed by atoms with Crippen LogP contribution < -0.4 is 0 Å². The van der Waals surface area contributed by atoms with Crippen LogP contribution in [0.3, 0.4) is 0 Å². The van der Waals surface area contributed by atoms with Crippen LogP contribution in [-0.2, 0) is 4.79 Å². The molecule has 1 N–H and O–H groups in total. The maximum atomic E-state index is 10.2. The lowest BCUT2D eigenvalue weighted by Gasteiger charge is -1.98. The zero-order chi connectivity index (χ0) is 14.9. The van der Waals surface area contributed by atoms with Gasteiger partial charge in [0, 0.05) is 6.08 Å². The van der Waals surface area contributed by atoms with Gasteiger partial charge in [0.25, 0.3) is 0 Å². The van der Waals surface area contributed by atoms with Gasteiger partial charge in [0.05, 0.1) is 0 Å². The first kappa shape index (κ1) is 18.4. The van der Waals surface area contributed by atoms with Crippen LogP contribution in [0.2, 0.25) is 0 Å². The van der Waals surface area contributed by atoms with E-state index in [0.29, 0.717) is 0 Å². The third-order valence-electron chi connectivity index (χ3n) is 2.90. The SMILES string of the molecule is CCCCCCCCC\C=C/C=C/C=C\C=C\C(=O)O. The van der Waals surface area contributed by atoms with Crippen molar-refractivity contribution in [3.8, 4) is 0 Å². The Morgan fingerprint density at radius 2 is 1.35 bits per heavy atom. The predicted molar refractivity (Wildman–Crippen MR) is 86.8 cm³/mol. The van der Waals surface area contributed by atoms with E-state index in [2.05, 4.69) is 13.0 Å². The fraction of sp³-hybridized carbons (Fsp3) is 0.500. The van der Waals surface area contributed by atoms with Gasteiger partial charge in [0.1, 0.15) is 0 Å². The van der Waals surface area contributed by atoms with Crippen LogP contribution in [0.15, 0.2) is 48.6 Å². The minimum atomic E-state index is -0.923. The highest BCUT2D eigenvalue weighted by Crippen LogP contribution is 2.08. The maximum absolute atomic E-state index is 10.2. The molecule has 0 bridgehead atoms. The smallest absolute Gasteiger partial charge is 0.328 e. The molecule has 0 heterocycles. The minimum Gasteiger partial charge on any atom is -0.478 e. The van der Waals surface area contributed by atoms with E-state index in [1.54, 1.807) is 6.08 Å². The molecule has 0 amide bonds. The molecule has 0 aliphatic carbocycles. The Balaban J connectivity index is 3.41. The molecule has 0 rings (SSSR count). The molecule has 0 aliphatic heterocycles. The summed E-state index contributed by atoms with van der Waals surface area (Å²) in [5, 5.41) is 8.37. The molecular formula is C18H28O2. The Morgan fingerprint density at radius 1 is 0.800 bits per heavy atom. The largest absolute Gasteiger partial charge is 0.478 e. The van der Waals surface area contributed by atoms with Gasteiger partial charge < -0.3 is 5.11 Å². The Morgan fingerprint density at radius 3 is 2.00 bits per heavy atom. The molecule has 0 radical (unpaired) electrons. The minimum absolute atomic E-state index is 0.923. The highest BCUT2D eigenvalue weighted by atomic mass is 16.4. The van der Waals surface area contributed by atoms with Gasteiger partial charge in [-0.3, -0.25) is 0 Å². The molecule has 112 valence electrons. The van der Waals surface area contributed by atoms with Crippen LogP contribution in [0.4, 0.5) is 0 Å². The van der Waals surface area contributed by atoms with Crippen molar-refractivity contribution in [2.45, 2.75) is 58.3 Å². The Hall–Kier alpha value is -1.57. The van der Waals surface area contributed by atoms with E-state index < -0.39 is 5.97 Å². The lowest BCUT2D eigenvalue weighted by atomic mass is 10.1. The van der Waals surface area contributed by atoms with Crippen LogP contribution in [-0.4, -0.2) is 11.1 Å². The van der Waals surface area contributed by atoms with E-state index in [9.17, 15) is 4.79 Å². The normalized spacial score (nSPS) is 12.4. The van der Waals surface area contributed by atoms with E-state index in [1.165, 1.54) is 51.0 Å². The van der Waals surface area contributed by atoms with E-state index in [1.807, 2.05) is 24.3 Å². The van der Waals surface area contributed by atoms with Crippen LogP contribution in [0.1, 0.15) is 58.3 Å². The van der Waals surface area contributed by atoms with Crippen molar-refractivity contribution in [2.24, 2.45) is 0 Å². The number of carboxylic acid groups (broad SMARTS) is 1. The number of rotatable bonds is 12. The first-order valence-electron chi connectivity index (χ1n) is 7.67. The first-order valence-corrected chi connectivity index (χ1v) is 7.67. The predicted octanol–water partition coefficient (Wildman–Crippen LogP) is 5.44. The molecule has 0 saturated heterocycles. The zero-order valence-electron chi connectivity index (χ0n) is 12.6. The molecule has 0 spiro atoms. The van der Waals surface area contributed by atoms with E-state index in [-0.39, 0.29) is 0 Å². The lowest BCUT2D eigenvalue weighted by Crippen LogP contribution is -1.84. The molecule has 0 atom stereocenters. The molecule has 0 aromatic heterocycles. The number of carbonyl (C=O) groups is 1. The Labute approximate surface area is 123 Å². The average Bonchev–Trinajstić information content (AvgIpc) is 2.43. The standard InChI is InChI=1S/C18H28O2/c1-2-3-4-5-6-7-8-9-10-11-12-13-14-15-16-17-18(19)20/h10-17H,2-9H2,1H3,(H,19,20)/b11-10-,13-12+,15-14-,17-16+. The molecule has 0 aromatic carbocycles. The second-order valence-corrected chi connectivity index (χ2v) is 4.81. The van der Waals surface area contributed by atoms with E-state index >= 15 is 0 Å².